The molecular weight excluding hydrogens is 500 g/mol. The number of aryl methyl sites for hydroxylation is 1. The third-order valence-electron chi connectivity index (χ3n) is 6.88. The van der Waals surface area contributed by atoms with Crippen LogP contribution in [0.15, 0.2) is 41.5 Å². The molecule has 2 aliphatic rings. The van der Waals surface area contributed by atoms with Crippen molar-refractivity contribution in [2.24, 2.45) is 0 Å². The molecule has 3 heterocycles. The summed E-state index contributed by atoms with van der Waals surface area (Å²) >= 11 is -2.24. The fourth-order valence-electron chi connectivity index (χ4n) is 4.79. The summed E-state index contributed by atoms with van der Waals surface area (Å²) in [6.07, 6.45) is 1.31. The highest BCUT2D eigenvalue weighted by Gasteiger charge is 2.34. The smallest absolute Gasteiger partial charge is 0.259 e. The van der Waals surface area contributed by atoms with Crippen molar-refractivity contribution in [1.29, 1.82) is 0 Å². The molecule has 3 N–H and O–H groups in total. The molecule has 11 heteroatoms. The van der Waals surface area contributed by atoms with E-state index in [1.54, 1.807) is 24.3 Å². The van der Waals surface area contributed by atoms with E-state index in [0.717, 1.165) is 31.5 Å². The first kappa shape index (κ1) is 27.0. The first-order valence-electron chi connectivity index (χ1n) is 12.4. The summed E-state index contributed by atoms with van der Waals surface area (Å²) in [7, 11) is 0. The Morgan fingerprint density at radius 1 is 1.05 bits per heavy atom. The lowest BCUT2D eigenvalue weighted by Gasteiger charge is -2.33. The van der Waals surface area contributed by atoms with Gasteiger partial charge in [0.15, 0.2) is 0 Å². The number of halogens is 2. The Bertz CT molecular complexity index is 1210. The lowest BCUT2D eigenvalue weighted by Crippen LogP contribution is -2.39. The minimum absolute atomic E-state index is 0.199. The average Bonchev–Trinajstić information content (AvgIpc) is 2.83. The number of aromatic nitrogens is 1. The van der Waals surface area contributed by atoms with Gasteiger partial charge in [0.1, 0.15) is 11.6 Å². The molecule has 1 aromatic heterocycles. The Morgan fingerprint density at radius 2 is 1.73 bits per heavy atom. The summed E-state index contributed by atoms with van der Waals surface area (Å²) in [5.74, 6) is -2.12. The Balaban J connectivity index is 1.58. The van der Waals surface area contributed by atoms with Gasteiger partial charge in [-0.25, -0.2) is 18.0 Å². The van der Waals surface area contributed by atoms with E-state index >= 15 is 0 Å². The van der Waals surface area contributed by atoms with Gasteiger partial charge < -0.3 is 15.1 Å². The molecule has 200 valence electrons. The molecule has 2 saturated heterocycles. The molecule has 4 rings (SSSR count). The Labute approximate surface area is 218 Å². The molecule has 0 saturated carbocycles. The predicted octanol–water partition coefficient (Wildman–Crippen LogP) is 5.36. The second kappa shape index (κ2) is 11.1. The summed E-state index contributed by atoms with van der Waals surface area (Å²) < 4.78 is 50.3. The van der Waals surface area contributed by atoms with E-state index in [0.29, 0.717) is 28.6 Å². The zero-order chi connectivity index (χ0) is 26.7. The number of pyridine rings is 1. The molecule has 37 heavy (non-hydrogen) atoms. The SMILES string of the molecule is CC(C)=C1CCN(c2cc(NS(=O)O)ccc2C(=O)Nc2cc(C)cc(N3CCC(F)(F)CC3)n2)CC1. The van der Waals surface area contributed by atoms with Crippen molar-refractivity contribution >= 4 is 40.2 Å². The summed E-state index contributed by atoms with van der Waals surface area (Å²) in [4.78, 5) is 21.9. The van der Waals surface area contributed by atoms with Gasteiger partial charge in [0.05, 0.1) is 16.9 Å². The zero-order valence-corrected chi connectivity index (χ0v) is 22.1. The predicted molar refractivity (Wildman–Crippen MR) is 144 cm³/mol. The standard InChI is InChI=1S/C26H33F2N5O3S/c1-17(2)19-6-10-32(11-7-19)22-16-20(31-37(35)36)4-5-21(22)25(34)30-23-14-18(3)15-24(29-23)33-12-8-26(27,28)9-13-33/h4-5,14-16,31H,6-13H2,1-3H3,(H,35,36)(H,29,30,34). The molecule has 1 atom stereocenters. The van der Waals surface area contributed by atoms with E-state index in [-0.39, 0.29) is 31.8 Å². The lowest BCUT2D eigenvalue weighted by molar-refractivity contribution is -0.0221. The highest BCUT2D eigenvalue weighted by atomic mass is 32.2. The van der Waals surface area contributed by atoms with E-state index in [1.807, 2.05) is 17.9 Å². The number of carbonyl (C=O) groups excluding carboxylic acids is 1. The lowest BCUT2D eigenvalue weighted by atomic mass is 9.98. The van der Waals surface area contributed by atoms with Crippen molar-refractivity contribution in [3.8, 4) is 0 Å². The van der Waals surface area contributed by atoms with Crippen LogP contribution in [-0.2, 0) is 11.3 Å². The second-order valence-corrected chi connectivity index (χ2v) is 10.6. The van der Waals surface area contributed by atoms with Gasteiger partial charge in [-0.2, -0.15) is 0 Å². The number of piperidine rings is 2. The number of carbonyl (C=O) groups is 1. The molecule has 0 aliphatic carbocycles. The van der Waals surface area contributed by atoms with Gasteiger partial charge in [-0.05, 0) is 69.5 Å². The molecule has 1 amide bonds. The number of amides is 1. The van der Waals surface area contributed by atoms with E-state index in [4.69, 9.17) is 0 Å². The quantitative estimate of drug-likeness (QED) is 0.342. The minimum Gasteiger partial charge on any atom is -0.370 e. The number of allylic oxidation sites excluding steroid dienone is 1. The zero-order valence-electron chi connectivity index (χ0n) is 21.3. The van der Waals surface area contributed by atoms with Crippen molar-refractivity contribution < 1.29 is 22.3 Å². The van der Waals surface area contributed by atoms with Gasteiger partial charge in [0.2, 0.25) is 0 Å². The van der Waals surface area contributed by atoms with Gasteiger partial charge in [0, 0.05) is 39.0 Å². The Hall–Kier alpha value is -3.05. The van der Waals surface area contributed by atoms with Crippen LogP contribution in [0.1, 0.15) is 55.5 Å². The summed E-state index contributed by atoms with van der Waals surface area (Å²) in [5.41, 5.74) is 5.07. The summed E-state index contributed by atoms with van der Waals surface area (Å²) in [6, 6.07) is 8.49. The topological polar surface area (TPSA) is 97.8 Å². The Morgan fingerprint density at radius 3 is 2.35 bits per heavy atom. The van der Waals surface area contributed by atoms with Crippen molar-refractivity contribution in [1.82, 2.24) is 4.98 Å². The first-order valence-corrected chi connectivity index (χ1v) is 13.5. The second-order valence-electron chi connectivity index (χ2n) is 9.86. The number of alkyl halides is 2. The van der Waals surface area contributed by atoms with Gasteiger partial charge >= 0.3 is 0 Å². The van der Waals surface area contributed by atoms with Crippen LogP contribution < -0.4 is 19.8 Å². The largest absolute Gasteiger partial charge is 0.370 e. The van der Waals surface area contributed by atoms with Gasteiger partial charge in [0.25, 0.3) is 23.1 Å². The molecule has 1 aromatic carbocycles. The minimum atomic E-state index is -2.65. The van der Waals surface area contributed by atoms with Crippen LogP contribution in [0.2, 0.25) is 0 Å². The van der Waals surface area contributed by atoms with Gasteiger partial charge in [-0.3, -0.25) is 14.1 Å². The van der Waals surface area contributed by atoms with E-state index in [2.05, 4.69) is 33.8 Å². The van der Waals surface area contributed by atoms with Crippen LogP contribution in [0.4, 0.5) is 31.8 Å². The average molecular weight is 534 g/mol. The van der Waals surface area contributed by atoms with Crippen LogP contribution in [0, 0.1) is 6.92 Å². The first-order chi connectivity index (χ1) is 17.5. The maximum atomic E-state index is 13.6. The molecule has 0 bridgehead atoms. The van der Waals surface area contributed by atoms with E-state index in [9.17, 15) is 22.3 Å². The molecule has 0 radical (unpaired) electrons. The maximum Gasteiger partial charge on any atom is 0.259 e. The molecule has 2 fully saturated rings. The molecule has 1 unspecified atom stereocenters. The number of hydrogen-bond acceptors (Lipinski definition) is 5. The number of nitrogens with one attached hydrogen (secondary N) is 2. The number of rotatable bonds is 6. The van der Waals surface area contributed by atoms with Crippen LogP contribution >= 0.6 is 0 Å². The van der Waals surface area contributed by atoms with Crippen molar-refractivity contribution in [3.05, 3.63) is 52.6 Å². The van der Waals surface area contributed by atoms with Crippen LogP contribution in [-0.4, -0.2) is 51.8 Å². The number of hydrogen-bond donors (Lipinski definition) is 3. The molecule has 8 nitrogen and oxygen atoms in total. The van der Waals surface area contributed by atoms with Crippen molar-refractivity contribution in [2.75, 3.05) is 46.0 Å². The molecule has 2 aliphatic heterocycles. The fourth-order valence-corrected chi connectivity index (χ4v) is 5.12. The normalized spacial score (nSPS) is 18.4. The van der Waals surface area contributed by atoms with Crippen LogP contribution in [0.25, 0.3) is 0 Å². The van der Waals surface area contributed by atoms with Crippen molar-refractivity contribution in [2.45, 2.75) is 52.4 Å². The fraction of sp³-hybridized carbons (Fsp3) is 0.462. The summed E-state index contributed by atoms with van der Waals surface area (Å²) in [5, 5.41) is 2.87. The van der Waals surface area contributed by atoms with Crippen LogP contribution in [0.5, 0.6) is 0 Å². The maximum absolute atomic E-state index is 13.6. The highest BCUT2D eigenvalue weighted by molar-refractivity contribution is 7.80. The highest BCUT2D eigenvalue weighted by Crippen LogP contribution is 2.32. The number of benzene rings is 1. The molecule has 2 aromatic rings. The van der Waals surface area contributed by atoms with Gasteiger partial charge in [-0.1, -0.05) is 11.1 Å². The number of anilines is 4. The van der Waals surface area contributed by atoms with Gasteiger partial charge in [-0.15, -0.1) is 0 Å². The third kappa shape index (κ3) is 6.84. The molecule has 0 spiro atoms. The monoisotopic (exact) mass is 533 g/mol. The molecular formula is C26H33F2N5O3S. The summed E-state index contributed by atoms with van der Waals surface area (Å²) in [6.45, 7) is 7.91. The third-order valence-corrected chi connectivity index (χ3v) is 7.29. The number of nitrogens with zero attached hydrogens (tertiary/aromatic N) is 3. The Kier molecular flexibility index (Phi) is 8.13. The van der Waals surface area contributed by atoms with E-state index < -0.39 is 17.2 Å². The van der Waals surface area contributed by atoms with Crippen LogP contribution in [0.3, 0.4) is 0 Å². The van der Waals surface area contributed by atoms with Crippen molar-refractivity contribution in [3.63, 3.8) is 0 Å². The van der Waals surface area contributed by atoms with E-state index in [1.165, 1.54) is 11.1 Å².